The smallest absolute Gasteiger partial charge is 0.00475 e. The van der Waals surface area contributed by atoms with Gasteiger partial charge in [0, 0.05) is 27.1 Å². The van der Waals surface area contributed by atoms with E-state index in [1.54, 1.807) is 11.1 Å². The summed E-state index contributed by atoms with van der Waals surface area (Å²) in [6.45, 7) is 21.1. The Hall–Kier alpha value is -3.90. The zero-order valence-corrected chi connectivity index (χ0v) is 31.6. The molecule has 2 fully saturated rings. The molecule has 2 saturated carbocycles. The van der Waals surface area contributed by atoms with Crippen molar-refractivity contribution in [1.82, 2.24) is 0 Å². The summed E-state index contributed by atoms with van der Waals surface area (Å²) in [6.07, 6.45) is 37.5. The quantitative estimate of drug-likeness (QED) is 0.290. The summed E-state index contributed by atoms with van der Waals surface area (Å²) in [5.41, 5.74) is 8.13. The molecule has 2 aromatic carbocycles. The molecule has 50 heavy (non-hydrogen) atoms. The first kappa shape index (κ1) is 33.3. The molecule has 0 spiro atoms. The van der Waals surface area contributed by atoms with Crippen molar-refractivity contribution in [3.63, 3.8) is 0 Å². The largest absolute Gasteiger partial charge is 0.0801 e. The molecule has 256 valence electrons. The van der Waals surface area contributed by atoms with Gasteiger partial charge in [-0.1, -0.05) is 205 Å². The lowest BCUT2D eigenvalue weighted by Crippen LogP contribution is -2.75. The molecule has 0 N–H and O–H groups in total. The third-order valence-corrected chi connectivity index (χ3v) is 16.8. The van der Waals surface area contributed by atoms with Crippen LogP contribution in [0.5, 0.6) is 0 Å². The van der Waals surface area contributed by atoms with Gasteiger partial charge in [-0.15, -0.1) is 0 Å². The monoisotopic (exact) mass is 656 g/mol. The minimum absolute atomic E-state index is 0.0888. The van der Waals surface area contributed by atoms with Gasteiger partial charge in [0.15, 0.2) is 0 Å². The molecule has 9 atom stereocenters. The molecule has 0 heterocycles. The van der Waals surface area contributed by atoms with Crippen LogP contribution in [0.25, 0.3) is 0 Å². The van der Waals surface area contributed by atoms with Crippen molar-refractivity contribution >= 4 is 0 Å². The van der Waals surface area contributed by atoms with Crippen molar-refractivity contribution in [3.8, 4) is 0 Å². The topological polar surface area (TPSA) is 0 Å². The molecule has 0 saturated heterocycles. The maximum Gasteiger partial charge on any atom is 0.00475 e. The molecule has 8 rings (SSSR count). The van der Waals surface area contributed by atoms with E-state index in [1.807, 2.05) is 0 Å². The Bertz CT molecular complexity index is 1950. The Balaban J connectivity index is 1.51. The second-order valence-corrected chi connectivity index (χ2v) is 17.7. The second kappa shape index (κ2) is 11.0. The van der Waals surface area contributed by atoms with Gasteiger partial charge >= 0.3 is 0 Å². The van der Waals surface area contributed by atoms with Gasteiger partial charge < -0.3 is 0 Å². The Labute approximate surface area is 302 Å². The lowest BCUT2D eigenvalue weighted by atomic mass is 9.23. The Morgan fingerprint density at radius 2 is 1.12 bits per heavy atom. The van der Waals surface area contributed by atoms with E-state index >= 15 is 0 Å². The van der Waals surface area contributed by atoms with Crippen molar-refractivity contribution in [3.05, 3.63) is 179 Å². The van der Waals surface area contributed by atoms with E-state index < -0.39 is 0 Å². The van der Waals surface area contributed by atoms with Crippen LogP contribution in [-0.2, 0) is 12.8 Å². The number of rotatable bonds is 6. The first-order valence-corrected chi connectivity index (χ1v) is 19.1. The maximum atomic E-state index is 2.76. The van der Waals surface area contributed by atoms with Crippen LogP contribution in [0.15, 0.2) is 168 Å². The molecule has 0 aliphatic heterocycles. The Kier molecular flexibility index (Phi) is 7.35. The van der Waals surface area contributed by atoms with Crippen LogP contribution in [0.3, 0.4) is 0 Å². The highest BCUT2D eigenvalue weighted by atomic mass is 14.9. The zero-order valence-electron chi connectivity index (χ0n) is 31.6. The summed E-state index contributed by atoms with van der Waals surface area (Å²) in [7, 11) is 0. The molecule has 0 heteroatoms. The number of hydrogen-bond acceptors (Lipinski definition) is 0. The molecule has 2 aromatic rings. The lowest BCUT2D eigenvalue weighted by Gasteiger charge is -2.80. The van der Waals surface area contributed by atoms with E-state index in [0.717, 1.165) is 19.3 Å². The number of benzene rings is 2. The molecular formula is C50H56. The summed E-state index contributed by atoms with van der Waals surface area (Å²) in [5.74, 6) is 0.617. The van der Waals surface area contributed by atoms with Gasteiger partial charge in [-0.2, -0.15) is 0 Å². The minimum Gasteiger partial charge on any atom is -0.0801 e. The molecule has 0 bridgehead atoms. The van der Waals surface area contributed by atoms with E-state index in [1.165, 1.54) is 22.3 Å². The summed E-state index contributed by atoms with van der Waals surface area (Å²) in [5, 5.41) is 0. The Morgan fingerprint density at radius 1 is 0.600 bits per heavy atom. The molecule has 0 radical (unpaired) electrons. The molecule has 6 aliphatic carbocycles. The van der Waals surface area contributed by atoms with Crippen molar-refractivity contribution in [2.75, 3.05) is 0 Å². The van der Waals surface area contributed by atoms with Crippen LogP contribution in [-0.4, -0.2) is 0 Å². The van der Waals surface area contributed by atoms with E-state index in [0.29, 0.717) is 5.92 Å². The number of hydrogen-bond donors (Lipinski definition) is 0. The van der Waals surface area contributed by atoms with Gasteiger partial charge in [0.2, 0.25) is 0 Å². The predicted molar refractivity (Wildman–Crippen MR) is 212 cm³/mol. The standard InChI is InChI=1S/C50H56/c1-36-22-21-29-41-43(42(39-27-15-16-28-39)40(34-37-23-11-9-12-24-37)35-38-25-13-10-14-26-38)49(7)46(4)32-19-17-30-44(46,2)45(3)31-18-20-33-47(45,5)50(49,8)48(36,41)6/h9-27,29-33,41,43H,28,34-35H2,1-8H3. The van der Waals surface area contributed by atoms with Gasteiger partial charge in [0.05, 0.1) is 0 Å². The first-order valence-electron chi connectivity index (χ1n) is 19.1. The van der Waals surface area contributed by atoms with E-state index in [4.69, 9.17) is 0 Å². The van der Waals surface area contributed by atoms with Crippen LogP contribution in [0.2, 0.25) is 0 Å². The fraction of sp³-hybridized carbons (Fsp3) is 0.400. The van der Waals surface area contributed by atoms with Gasteiger partial charge in [-0.3, -0.25) is 0 Å². The third kappa shape index (κ3) is 3.73. The number of allylic oxidation sites excluding steroid dienone is 18. The van der Waals surface area contributed by atoms with Crippen LogP contribution in [0.1, 0.15) is 72.9 Å². The maximum absolute atomic E-state index is 2.76. The molecule has 6 aliphatic rings. The Morgan fingerprint density at radius 3 is 1.66 bits per heavy atom. The zero-order chi connectivity index (χ0) is 35.2. The molecule has 9 unspecified atom stereocenters. The number of fused-ring (bicyclic) bond motifs is 8. The highest BCUT2D eigenvalue weighted by molar-refractivity contribution is 5.57. The van der Waals surface area contributed by atoms with Crippen molar-refractivity contribution in [2.45, 2.75) is 74.7 Å². The average Bonchev–Trinajstić information content (AvgIpc) is 3.70. The van der Waals surface area contributed by atoms with Crippen molar-refractivity contribution in [2.24, 2.45) is 49.7 Å². The fourth-order valence-electron chi connectivity index (χ4n) is 13.5. The molecular weight excluding hydrogens is 601 g/mol. The first-order chi connectivity index (χ1) is 23.8. The van der Waals surface area contributed by atoms with Gasteiger partial charge in [0.1, 0.15) is 0 Å². The van der Waals surface area contributed by atoms with E-state index in [-0.39, 0.29) is 43.8 Å². The average molecular weight is 657 g/mol. The highest BCUT2D eigenvalue weighted by Crippen LogP contribution is 2.91. The summed E-state index contributed by atoms with van der Waals surface area (Å²) in [4.78, 5) is 0. The molecule has 0 amide bonds. The fourth-order valence-corrected chi connectivity index (χ4v) is 13.5. The van der Waals surface area contributed by atoms with Crippen LogP contribution < -0.4 is 0 Å². The molecule has 0 aromatic heterocycles. The van der Waals surface area contributed by atoms with Gasteiger partial charge in [0.25, 0.3) is 0 Å². The van der Waals surface area contributed by atoms with Crippen LogP contribution >= 0.6 is 0 Å². The second-order valence-electron chi connectivity index (χ2n) is 17.7. The van der Waals surface area contributed by atoms with Gasteiger partial charge in [-0.05, 0) is 71.1 Å². The summed E-state index contributed by atoms with van der Waals surface area (Å²) >= 11 is 0. The normalized spacial score (nSPS) is 41.6. The van der Waals surface area contributed by atoms with E-state index in [9.17, 15) is 0 Å². The van der Waals surface area contributed by atoms with E-state index in [2.05, 4.69) is 201 Å². The third-order valence-electron chi connectivity index (χ3n) is 16.8. The highest BCUT2D eigenvalue weighted by Gasteiger charge is 2.87. The van der Waals surface area contributed by atoms with Crippen molar-refractivity contribution < 1.29 is 0 Å². The molecule has 0 nitrogen and oxygen atoms in total. The van der Waals surface area contributed by atoms with Crippen LogP contribution in [0.4, 0.5) is 0 Å². The SMILES string of the molecule is CC1=CC=CC2C(C(C3=CC=CC3)=C(Cc3ccccc3)Cc3ccccc3)C3(C)C4(C)C=CC=CC4(C)C4(C)C=CC=CC4(C)C3(C)C12C. The summed E-state index contributed by atoms with van der Waals surface area (Å²) in [6, 6.07) is 22.5. The minimum atomic E-state index is -0.158. The van der Waals surface area contributed by atoms with Gasteiger partial charge in [-0.25, -0.2) is 0 Å². The summed E-state index contributed by atoms with van der Waals surface area (Å²) < 4.78 is 0. The van der Waals surface area contributed by atoms with Crippen molar-refractivity contribution in [1.29, 1.82) is 0 Å². The van der Waals surface area contributed by atoms with Crippen LogP contribution in [0, 0.1) is 49.7 Å². The predicted octanol–water partition coefficient (Wildman–Crippen LogP) is 12.7. The lowest BCUT2D eigenvalue weighted by molar-refractivity contribution is -0.269.